The number of ether oxygens (including phenoxy) is 2. The summed E-state index contributed by atoms with van der Waals surface area (Å²) in [5.74, 6) is 1.67. The second-order valence-electron chi connectivity index (χ2n) is 3.50. The monoisotopic (exact) mass is 267 g/mol. The number of benzene rings is 1. The van der Waals surface area contributed by atoms with Crippen molar-refractivity contribution in [2.24, 2.45) is 0 Å². The average Bonchev–Trinajstić information content (AvgIpc) is 2.82. The molecule has 2 heterocycles. The van der Waals surface area contributed by atoms with Crippen LogP contribution in [0.2, 0.25) is 0 Å². The topological polar surface area (TPSA) is 34.2 Å². The van der Waals surface area contributed by atoms with Gasteiger partial charge in [-0.25, -0.2) is 0 Å². The highest BCUT2D eigenvalue weighted by atomic mass is 79.9. The number of alkyl halides is 1. The fourth-order valence-electron chi connectivity index (χ4n) is 1.88. The average molecular weight is 268 g/mol. The number of rotatable bonds is 2. The molecule has 2 aromatic rings. The second kappa shape index (κ2) is 3.45. The van der Waals surface area contributed by atoms with Crippen molar-refractivity contribution in [3.63, 3.8) is 0 Å². The SMILES string of the molecule is BrCCc1c[nH]c2cc3c(cc12)OCO3. The van der Waals surface area contributed by atoms with Crippen molar-refractivity contribution in [2.75, 3.05) is 12.1 Å². The third kappa shape index (κ3) is 1.40. The van der Waals surface area contributed by atoms with Crippen molar-refractivity contribution in [1.29, 1.82) is 0 Å². The van der Waals surface area contributed by atoms with Crippen LogP contribution in [0.1, 0.15) is 5.56 Å². The summed E-state index contributed by atoms with van der Waals surface area (Å²) < 4.78 is 10.7. The van der Waals surface area contributed by atoms with E-state index in [1.54, 1.807) is 0 Å². The van der Waals surface area contributed by atoms with Crippen LogP contribution < -0.4 is 9.47 Å². The number of hydrogen-bond acceptors (Lipinski definition) is 2. The molecule has 0 aliphatic carbocycles. The normalized spacial score (nSPS) is 13.7. The molecule has 1 aromatic carbocycles. The molecule has 0 saturated heterocycles. The number of aryl methyl sites for hydroxylation is 1. The van der Waals surface area contributed by atoms with Crippen LogP contribution in [0.3, 0.4) is 0 Å². The van der Waals surface area contributed by atoms with Gasteiger partial charge in [0.2, 0.25) is 6.79 Å². The Bertz CT molecular complexity index is 507. The van der Waals surface area contributed by atoms with Gasteiger partial charge in [0.15, 0.2) is 11.5 Å². The molecule has 0 spiro atoms. The summed E-state index contributed by atoms with van der Waals surface area (Å²) in [6, 6.07) is 4.04. The molecule has 0 bridgehead atoms. The molecule has 0 unspecified atom stereocenters. The van der Waals surface area contributed by atoms with Crippen LogP contribution in [0.4, 0.5) is 0 Å². The molecule has 3 rings (SSSR count). The number of hydrogen-bond donors (Lipinski definition) is 1. The maximum atomic E-state index is 5.36. The number of H-pyrrole nitrogens is 1. The van der Waals surface area contributed by atoms with Crippen LogP contribution in [0, 0.1) is 0 Å². The van der Waals surface area contributed by atoms with Gasteiger partial charge >= 0.3 is 0 Å². The summed E-state index contributed by atoms with van der Waals surface area (Å²) in [7, 11) is 0. The molecule has 0 radical (unpaired) electrons. The number of nitrogens with one attached hydrogen (secondary N) is 1. The van der Waals surface area contributed by atoms with Crippen molar-refractivity contribution in [1.82, 2.24) is 4.98 Å². The summed E-state index contributed by atoms with van der Waals surface area (Å²) in [6.45, 7) is 0.329. The first-order chi connectivity index (χ1) is 7.38. The first-order valence-electron chi connectivity index (χ1n) is 4.84. The lowest BCUT2D eigenvalue weighted by Crippen LogP contribution is -1.92. The Labute approximate surface area is 95.5 Å². The van der Waals surface area contributed by atoms with E-state index in [1.807, 2.05) is 18.3 Å². The minimum atomic E-state index is 0.329. The van der Waals surface area contributed by atoms with Crippen LogP contribution in [0.5, 0.6) is 11.5 Å². The molecule has 78 valence electrons. The molecule has 1 aliphatic rings. The Kier molecular flexibility index (Phi) is 2.09. The van der Waals surface area contributed by atoms with Gasteiger partial charge in [0.1, 0.15) is 0 Å². The second-order valence-corrected chi connectivity index (χ2v) is 4.30. The van der Waals surface area contributed by atoms with Crippen LogP contribution in [-0.4, -0.2) is 17.1 Å². The van der Waals surface area contributed by atoms with Gasteiger partial charge in [-0.15, -0.1) is 0 Å². The van der Waals surface area contributed by atoms with Gasteiger partial charge in [0.05, 0.1) is 0 Å². The lowest BCUT2D eigenvalue weighted by atomic mass is 10.1. The summed E-state index contributed by atoms with van der Waals surface area (Å²) in [5, 5.41) is 2.19. The van der Waals surface area contributed by atoms with Crippen LogP contribution in [0.15, 0.2) is 18.3 Å². The molecule has 0 atom stereocenters. The van der Waals surface area contributed by atoms with Crippen LogP contribution in [0.25, 0.3) is 10.9 Å². The Balaban J connectivity index is 2.18. The van der Waals surface area contributed by atoms with E-state index in [4.69, 9.17) is 9.47 Å². The third-order valence-corrected chi connectivity index (χ3v) is 3.02. The summed E-state index contributed by atoms with van der Waals surface area (Å²) in [5.41, 5.74) is 2.41. The van der Waals surface area contributed by atoms with Crippen molar-refractivity contribution in [3.05, 3.63) is 23.9 Å². The van der Waals surface area contributed by atoms with Crippen LogP contribution in [-0.2, 0) is 6.42 Å². The standard InChI is InChI=1S/C11H10BrNO2/c12-2-1-7-5-13-9-4-11-10(3-8(7)9)14-6-15-11/h3-5,13H,1-2,6H2. The van der Waals surface area contributed by atoms with E-state index < -0.39 is 0 Å². The molecule has 0 fully saturated rings. The Morgan fingerprint density at radius 1 is 1.27 bits per heavy atom. The Morgan fingerprint density at radius 3 is 2.87 bits per heavy atom. The fraction of sp³-hybridized carbons (Fsp3) is 0.273. The maximum absolute atomic E-state index is 5.36. The predicted octanol–water partition coefficient (Wildman–Crippen LogP) is 2.83. The van der Waals surface area contributed by atoms with E-state index in [1.165, 1.54) is 10.9 Å². The smallest absolute Gasteiger partial charge is 0.231 e. The van der Waals surface area contributed by atoms with Gasteiger partial charge in [-0.2, -0.15) is 0 Å². The van der Waals surface area contributed by atoms with Crippen molar-refractivity contribution in [2.45, 2.75) is 6.42 Å². The molecule has 0 saturated carbocycles. The third-order valence-electron chi connectivity index (χ3n) is 2.62. The molecule has 0 amide bonds. The van der Waals surface area contributed by atoms with Gasteiger partial charge in [-0.1, -0.05) is 15.9 Å². The van der Waals surface area contributed by atoms with E-state index in [0.717, 1.165) is 28.8 Å². The van der Waals surface area contributed by atoms with Gasteiger partial charge < -0.3 is 14.5 Å². The van der Waals surface area contributed by atoms with E-state index in [-0.39, 0.29) is 0 Å². The summed E-state index contributed by atoms with van der Waals surface area (Å²) in [4.78, 5) is 3.25. The van der Waals surface area contributed by atoms with Gasteiger partial charge in [0, 0.05) is 28.5 Å². The molecule has 3 nitrogen and oxygen atoms in total. The predicted molar refractivity (Wildman–Crippen MR) is 61.9 cm³/mol. The summed E-state index contributed by atoms with van der Waals surface area (Å²) >= 11 is 3.45. The van der Waals surface area contributed by atoms with Gasteiger partial charge in [0.25, 0.3) is 0 Å². The minimum Gasteiger partial charge on any atom is -0.454 e. The van der Waals surface area contributed by atoms with E-state index in [2.05, 4.69) is 20.9 Å². The quantitative estimate of drug-likeness (QED) is 0.850. The lowest BCUT2D eigenvalue weighted by Gasteiger charge is -1.98. The molecule has 4 heteroatoms. The Hall–Kier alpha value is -1.16. The van der Waals surface area contributed by atoms with E-state index in [0.29, 0.717) is 6.79 Å². The Morgan fingerprint density at radius 2 is 2.07 bits per heavy atom. The highest BCUT2D eigenvalue weighted by Gasteiger charge is 2.15. The first kappa shape index (κ1) is 9.09. The zero-order chi connectivity index (χ0) is 10.3. The summed E-state index contributed by atoms with van der Waals surface area (Å²) in [6.07, 6.45) is 3.06. The minimum absolute atomic E-state index is 0.329. The van der Waals surface area contributed by atoms with Crippen molar-refractivity contribution in [3.8, 4) is 11.5 Å². The first-order valence-corrected chi connectivity index (χ1v) is 5.96. The molecule has 1 aromatic heterocycles. The van der Waals surface area contributed by atoms with Crippen molar-refractivity contribution >= 4 is 26.8 Å². The van der Waals surface area contributed by atoms with Crippen molar-refractivity contribution < 1.29 is 9.47 Å². The van der Waals surface area contributed by atoms with E-state index >= 15 is 0 Å². The maximum Gasteiger partial charge on any atom is 0.231 e. The number of aromatic nitrogens is 1. The molecule has 1 N–H and O–H groups in total. The molecular weight excluding hydrogens is 258 g/mol. The highest BCUT2D eigenvalue weighted by Crippen LogP contribution is 2.36. The van der Waals surface area contributed by atoms with Crippen LogP contribution >= 0.6 is 15.9 Å². The van der Waals surface area contributed by atoms with Gasteiger partial charge in [-0.05, 0) is 18.1 Å². The highest BCUT2D eigenvalue weighted by molar-refractivity contribution is 9.09. The lowest BCUT2D eigenvalue weighted by molar-refractivity contribution is 0.174. The fourth-order valence-corrected chi connectivity index (χ4v) is 2.31. The molecule has 15 heavy (non-hydrogen) atoms. The molecule has 1 aliphatic heterocycles. The zero-order valence-corrected chi connectivity index (χ0v) is 9.63. The number of halogens is 1. The van der Waals surface area contributed by atoms with Gasteiger partial charge in [-0.3, -0.25) is 0 Å². The zero-order valence-electron chi connectivity index (χ0n) is 8.05. The van der Waals surface area contributed by atoms with E-state index in [9.17, 15) is 0 Å². The number of aromatic amines is 1. The number of fused-ring (bicyclic) bond motifs is 2. The molecular formula is C11H10BrNO2. The largest absolute Gasteiger partial charge is 0.454 e.